The van der Waals surface area contributed by atoms with E-state index in [1.54, 1.807) is 11.8 Å². The summed E-state index contributed by atoms with van der Waals surface area (Å²) in [7, 11) is 0. The van der Waals surface area contributed by atoms with E-state index in [0.717, 1.165) is 22.9 Å². The van der Waals surface area contributed by atoms with E-state index in [-0.39, 0.29) is 6.04 Å². The zero-order valence-electron chi connectivity index (χ0n) is 5.74. The molecule has 1 aliphatic heterocycles. The van der Waals surface area contributed by atoms with Crippen LogP contribution < -0.4 is 0 Å². The molecule has 0 aromatic heterocycles. The van der Waals surface area contributed by atoms with Crippen LogP contribution in [0.15, 0.2) is 0 Å². The quantitative estimate of drug-likeness (QED) is 0.436. The molecule has 1 saturated heterocycles. The number of carbonyl (C=O) groups excluding carboxylic acids is 1. The fraction of sp³-hybridized carbons (Fsp3) is 0.667. The van der Waals surface area contributed by atoms with Gasteiger partial charge in [0.05, 0.1) is 16.9 Å². The molecule has 1 rings (SSSR count). The molecule has 0 saturated carbocycles. The second-order valence-corrected chi connectivity index (χ2v) is 3.78. The van der Waals surface area contributed by atoms with E-state index in [9.17, 15) is 4.79 Å². The Bertz CT molecular complexity index is 160. The van der Waals surface area contributed by atoms with Gasteiger partial charge >= 0.3 is 0 Å². The number of thiocarbonyl (C=S) groups is 1. The van der Waals surface area contributed by atoms with Gasteiger partial charge in [0.25, 0.3) is 0 Å². The number of nitrogens with zero attached hydrogens (tertiary/aromatic N) is 1. The molecule has 1 heterocycles. The van der Waals surface area contributed by atoms with Crippen molar-refractivity contribution in [2.75, 3.05) is 11.6 Å². The van der Waals surface area contributed by atoms with Crippen LogP contribution in [0.5, 0.6) is 0 Å². The average molecular weight is 175 g/mol. The Labute approximate surface area is 70.0 Å². The van der Waals surface area contributed by atoms with Crippen LogP contribution >= 0.6 is 24.0 Å². The monoisotopic (exact) mass is 175 g/mol. The highest BCUT2D eigenvalue weighted by atomic mass is 32.2. The summed E-state index contributed by atoms with van der Waals surface area (Å²) in [6.45, 7) is 1.86. The van der Waals surface area contributed by atoms with Crippen molar-refractivity contribution in [2.24, 2.45) is 0 Å². The van der Waals surface area contributed by atoms with Crippen LogP contribution in [0.25, 0.3) is 0 Å². The minimum atomic E-state index is 0.0301. The first-order chi connectivity index (χ1) is 4.75. The molecule has 4 heteroatoms. The van der Waals surface area contributed by atoms with Gasteiger partial charge in [0.1, 0.15) is 6.29 Å². The number of hydrogen-bond acceptors (Lipinski definition) is 3. The first kappa shape index (κ1) is 8.01. The van der Waals surface area contributed by atoms with E-state index in [4.69, 9.17) is 12.2 Å². The molecule has 0 aromatic rings. The van der Waals surface area contributed by atoms with E-state index >= 15 is 0 Å². The molecule has 0 aliphatic carbocycles. The highest BCUT2D eigenvalue weighted by molar-refractivity contribution is 7.99. The number of carbonyl (C=O) groups is 1. The Morgan fingerprint density at radius 2 is 2.60 bits per heavy atom. The van der Waals surface area contributed by atoms with Crippen molar-refractivity contribution in [1.82, 2.24) is 4.90 Å². The smallest absolute Gasteiger partial charge is 0.143 e. The zero-order valence-corrected chi connectivity index (χ0v) is 7.37. The van der Waals surface area contributed by atoms with Gasteiger partial charge in [0.15, 0.2) is 0 Å². The summed E-state index contributed by atoms with van der Waals surface area (Å²) < 4.78 is 0. The Morgan fingerprint density at radius 1 is 1.90 bits per heavy atom. The predicted octanol–water partition coefficient (Wildman–Crippen LogP) is 0.907. The normalized spacial score (nSPS) is 24.9. The topological polar surface area (TPSA) is 20.3 Å². The number of hydrogen-bond donors (Lipinski definition) is 0. The summed E-state index contributed by atoms with van der Waals surface area (Å²) >= 11 is 6.70. The Balaban J connectivity index is 2.58. The molecule has 0 spiro atoms. The van der Waals surface area contributed by atoms with Gasteiger partial charge in [-0.25, -0.2) is 0 Å². The maximum atomic E-state index is 10.4. The third-order valence-corrected chi connectivity index (χ3v) is 2.75. The van der Waals surface area contributed by atoms with Gasteiger partial charge in [-0.2, -0.15) is 0 Å². The lowest BCUT2D eigenvalue weighted by Gasteiger charge is -2.18. The van der Waals surface area contributed by atoms with E-state index in [2.05, 4.69) is 0 Å². The largest absolute Gasteiger partial charge is 0.347 e. The average Bonchev–Trinajstić information content (AvgIpc) is 2.33. The molecule has 0 N–H and O–H groups in total. The van der Waals surface area contributed by atoms with Crippen molar-refractivity contribution in [2.45, 2.75) is 13.0 Å². The minimum Gasteiger partial charge on any atom is -0.347 e. The van der Waals surface area contributed by atoms with E-state index < -0.39 is 0 Å². The standard InChI is InChI=1S/C6H9NOS2/c1-5(9)7-4-10-3-6(7)2-8/h2,6H,3-4H2,1H3. The molecular formula is C6H9NOS2. The Kier molecular flexibility index (Phi) is 2.68. The first-order valence-electron chi connectivity index (χ1n) is 3.06. The molecule has 2 nitrogen and oxygen atoms in total. The molecular weight excluding hydrogens is 166 g/mol. The minimum absolute atomic E-state index is 0.0301. The summed E-state index contributed by atoms with van der Waals surface area (Å²) in [5, 5.41) is 0. The molecule has 0 aromatic carbocycles. The predicted molar refractivity (Wildman–Crippen MR) is 47.3 cm³/mol. The lowest BCUT2D eigenvalue weighted by Crippen LogP contribution is -2.34. The number of thioether (sulfide) groups is 1. The maximum Gasteiger partial charge on any atom is 0.143 e. The van der Waals surface area contributed by atoms with Crippen molar-refractivity contribution in [3.05, 3.63) is 0 Å². The molecule has 1 aliphatic rings. The van der Waals surface area contributed by atoms with Crippen LogP contribution in [0, 0.1) is 0 Å². The van der Waals surface area contributed by atoms with Crippen LogP contribution in [0.2, 0.25) is 0 Å². The molecule has 0 bridgehead atoms. The van der Waals surface area contributed by atoms with Crippen LogP contribution in [0.3, 0.4) is 0 Å². The summed E-state index contributed by atoms with van der Waals surface area (Å²) in [6, 6.07) is 0.0301. The molecule has 0 radical (unpaired) electrons. The van der Waals surface area contributed by atoms with Gasteiger partial charge in [-0.05, 0) is 6.92 Å². The van der Waals surface area contributed by atoms with Crippen LogP contribution in [-0.2, 0) is 4.79 Å². The van der Waals surface area contributed by atoms with Gasteiger partial charge in [-0.1, -0.05) is 12.2 Å². The summed E-state index contributed by atoms with van der Waals surface area (Å²) in [5.74, 6) is 1.76. The summed E-state index contributed by atoms with van der Waals surface area (Å²) in [5.41, 5.74) is 0. The van der Waals surface area contributed by atoms with Gasteiger partial charge in [0.2, 0.25) is 0 Å². The van der Waals surface area contributed by atoms with Crippen molar-refractivity contribution >= 4 is 35.3 Å². The summed E-state index contributed by atoms with van der Waals surface area (Å²) in [6.07, 6.45) is 0.968. The van der Waals surface area contributed by atoms with Crippen molar-refractivity contribution in [3.63, 3.8) is 0 Å². The van der Waals surface area contributed by atoms with Crippen molar-refractivity contribution in [3.8, 4) is 0 Å². The third-order valence-electron chi connectivity index (χ3n) is 1.48. The molecule has 56 valence electrons. The second kappa shape index (κ2) is 3.34. The summed E-state index contributed by atoms with van der Waals surface area (Å²) in [4.78, 5) is 13.2. The van der Waals surface area contributed by atoms with Crippen molar-refractivity contribution < 1.29 is 4.79 Å². The second-order valence-electron chi connectivity index (χ2n) is 2.19. The zero-order chi connectivity index (χ0) is 7.56. The fourth-order valence-electron chi connectivity index (χ4n) is 0.895. The molecule has 1 unspecified atom stereocenters. The van der Waals surface area contributed by atoms with Gasteiger partial charge in [-0.3, -0.25) is 0 Å². The van der Waals surface area contributed by atoms with Crippen LogP contribution in [0.4, 0.5) is 0 Å². The SMILES string of the molecule is CC(=S)N1CSCC1C=O. The Morgan fingerprint density at radius 3 is 3.00 bits per heavy atom. The number of aldehydes is 1. The molecule has 0 amide bonds. The van der Waals surface area contributed by atoms with Crippen LogP contribution in [-0.4, -0.2) is 33.8 Å². The van der Waals surface area contributed by atoms with Gasteiger partial charge in [-0.15, -0.1) is 11.8 Å². The number of rotatable bonds is 1. The molecule has 1 atom stereocenters. The Hall–Kier alpha value is -0.0900. The highest BCUT2D eigenvalue weighted by Gasteiger charge is 2.23. The van der Waals surface area contributed by atoms with Crippen molar-refractivity contribution in [1.29, 1.82) is 0 Å². The van der Waals surface area contributed by atoms with E-state index in [1.807, 2.05) is 11.8 Å². The van der Waals surface area contributed by atoms with Gasteiger partial charge in [0, 0.05) is 5.75 Å². The highest BCUT2D eigenvalue weighted by Crippen LogP contribution is 2.19. The van der Waals surface area contributed by atoms with E-state index in [1.165, 1.54) is 0 Å². The van der Waals surface area contributed by atoms with Gasteiger partial charge < -0.3 is 9.69 Å². The molecule has 1 fully saturated rings. The van der Waals surface area contributed by atoms with Crippen LogP contribution in [0.1, 0.15) is 6.92 Å². The fourth-order valence-corrected chi connectivity index (χ4v) is 2.36. The lowest BCUT2D eigenvalue weighted by molar-refractivity contribution is -0.110. The molecule has 10 heavy (non-hydrogen) atoms. The maximum absolute atomic E-state index is 10.4. The van der Waals surface area contributed by atoms with E-state index in [0.29, 0.717) is 0 Å². The lowest BCUT2D eigenvalue weighted by atomic mass is 10.3. The first-order valence-corrected chi connectivity index (χ1v) is 4.62. The third kappa shape index (κ3) is 1.49.